The highest BCUT2D eigenvalue weighted by molar-refractivity contribution is 9.10. The Morgan fingerprint density at radius 3 is 2.83 bits per heavy atom. The molecule has 23 heavy (non-hydrogen) atoms. The monoisotopic (exact) mass is 380 g/mol. The summed E-state index contributed by atoms with van der Waals surface area (Å²) >= 11 is 3.41. The van der Waals surface area contributed by atoms with Crippen LogP contribution >= 0.6 is 15.9 Å². The predicted octanol–water partition coefficient (Wildman–Crippen LogP) is 3.61. The number of piperidine rings is 1. The van der Waals surface area contributed by atoms with Gasteiger partial charge >= 0.3 is 0 Å². The minimum atomic E-state index is -0.0980. The van der Waals surface area contributed by atoms with Crippen molar-refractivity contribution in [2.45, 2.75) is 45.6 Å². The Morgan fingerprint density at radius 1 is 1.35 bits per heavy atom. The molecular formula is C18H25BrN2O2. The van der Waals surface area contributed by atoms with E-state index in [4.69, 9.17) is 0 Å². The maximum absolute atomic E-state index is 12.8. The van der Waals surface area contributed by atoms with Gasteiger partial charge in [0.25, 0.3) is 5.91 Å². The maximum Gasteiger partial charge on any atom is 0.254 e. The molecule has 1 aliphatic rings. The van der Waals surface area contributed by atoms with Crippen LogP contribution in [-0.4, -0.2) is 35.8 Å². The number of nitrogens with one attached hydrogen (secondary N) is 1. The summed E-state index contributed by atoms with van der Waals surface area (Å²) < 4.78 is 0.891. The predicted molar refractivity (Wildman–Crippen MR) is 95.3 cm³/mol. The summed E-state index contributed by atoms with van der Waals surface area (Å²) in [7, 11) is 0. The first-order valence-corrected chi connectivity index (χ1v) is 9.16. The summed E-state index contributed by atoms with van der Waals surface area (Å²) in [4.78, 5) is 26.9. The van der Waals surface area contributed by atoms with Gasteiger partial charge in [0.2, 0.25) is 5.91 Å². The summed E-state index contributed by atoms with van der Waals surface area (Å²) in [5, 5.41) is 2.99. The smallest absolute Gasteiger partial charge is 0.254 e. The van der Waals surface area contributed by atoms with Gasteiger partial charge in [-0.05, 0) is 44.4 Å². The second-order valence-electron chi connectivity index (χ2n) is 6.24. The molecule has 0 spiro atoms. The van der Waals surface area contributed by atoms with Gasteiger partial charge in [-0.25, -0.2) is 0 Å². The molecule has 0 aromatic heterocycles. The quantitative estimate of drug-likeness (QED) is 0.793. The van der Waals surface area contributed by atoms with Crippen molar-refractivity contribution in [3.63, 3.8) is 0 Å². The molecule has 1 heterocycles. The highest BCUT2D eigenvalue weighted by Gasteiger charge is 2.32. The number of likely N-dealkylation sites (tertiary alicyclic amines) is 1. The molecule has 2 atom stereocenters. The molecule has 0 aliphatic carbocycles. The van der Waals surface area contributed by atoms with Crippen molar-refractivity contribution >= 4 is 27.7 Å². The molecule has 1 saturated heterocycles. The lowest BCUT2D eigenvalue weighted by atomic mass is 9.92. The van der Waals surface area contributed by atoms with Crippen molar-refractivity contribution in [2.75, 3.05) is 13.1 Å². The number of benzene rings is 1. The lowest BCUT2D eigenvalue weighted by Gasteiger charge is -2.37. The van der Waals surface area contributed by atoms with E-state index >= 15 is 0 Å². The molecule has 0 saturated carbocycles. The molecule has 1 aliphatic heterocycles. The average Bonchev–Trinajstić information content (AvgIpc) is 2.54. The Labute approximate surface area is 146 Å². The van der Waals surface area contributed by atoms with E-state index in [0.717, 1.165) is 36.7 Å². The van der Waals surface area contributed by atoms with E-state index in [0.29, 0.717) is 12.1 Å². The van der Waals surface area contributed by atoms with Crippen molar-refractivity contribution in [1.82, 2.24) is 10.2 Å². The molecule has 2 amide bonds. The first kappa shape index (κ1) is 18.0. The van der Waals surface area contributed by atoms with Crippen molar-refractivity contribution in [3.8, 4) is 0 Å². The molecule has 4 nitrogen and oxygen atoms in total. The molecule has 0 radical (unpaired) electrons. The highest BCUT2D eigenvalue weighted by Crippen LogP contribution is 2.24. The van der Waals surface area contributed by atoms with Crippen LogP contribution in [0.4, 0.5) is 0 Å². The van der Waals surface area contributed by atoms with Gasteiger partial charge in [-0.1, -0.05) is 35.3 Å². The fourth-order valence-electron chi connectivity index (χ4n) is 2.92. The van der Waals surface area contributed by atoms with Gasteiger partial charge in [0.1, 0.15) is 0 Å². The maximum atomic E-state index is 12.8. The average molecular weight is 381 g/mol. The Bertz CT molecular complexity index is 562. The fourth-order valence-corrected chi connectivity index (χ4v) is 3.32. The third kappa shape index (κ3) is 4.80. The van der Waals surface area contributed by atoms with Crippen molar-refractivity contribution < 1.29 is 9.59 Å². The van der Waals surface area contributed by atoms with Gasteiger partial charge in [0, 0.05) is 29.2 Å². The topological polar surface area (TPSA) is 49.4 Å². The first-order valence-electron chi connectivity index (χ1n) is 8.37. The highest BCUT2D eigenvalue weighted by atomic mass is 79.9. The lowest BCUT2D eigenvalue weighted by Crippen LogP contribution is -2.49. The Morgan fingerprint density at radius 2 is 2.13 bits per heavy atom. The van der Waals surface area contributed by atoms with Crippen LogP contribution in [0.2, 0.25) is 0 Å². The molecule has 126 valence electrons. The summed E-state index contributed by atoms with van der Waals surface area (Å²) in [6, 6.07) is 7.59. The third-order valence-corrected chi connectivity index (χ3v) is 4.91. The number of unbranched alkanes of at least 4 members (excludes halogenated alkanes) is 1. The number of hydrogen-bond donors (Lipinski definition) is 1. The van der Waals surface area contributed by atoms with E-state index in [9.17, 15) is 9.59 Å². The number of rotatable bonds is 5. The van der Waals surface area contributed by atoms with E-state index < -0.39 is 0 Å². The van der Waals surface area contributed by atoms with Crippen molar-refractivity contribution in [3.05, 3.63) is 34.3 Å². The minimum absolute atomic E-state index is 0.00450. The van der Waals surface area contributed by atoms with E-state index in [-0.39, 0.29) is 23.8 Å². The Hall–Kier alpha value is -1.36. The van der Waals surface area contributed by atoms with Gasteiger partial charge in [-0.15, -0.1) is 0 Å². The van der Waals surface area contributed by atoms with Crippen molar-refractivity contribution in [2.24, 2.45) is 5.92 Å². The minimum Gasteiger partial charge on any atom is -0.356 e. The third-order valence-electron chi connectivity index (χ3n) is 4.41. The van der Waals surface area contributed by atoms with Crippen LogP contribution in [0.5, 0.6) is 0 Å². The van der Waals surface area contributed by atoms with Gasteiger partial charge in [0.05, 0.1) is 5.92 Å². The zero-order valence-corrected chi connectivity index (χ0v) is 15.4. The molecule has 2 rings (SSSR count). The number of halogens is 1. The van der Waals surface area contributed by atoms with Gasteiger partial charge < -0.3 is 10.2 Å². The van der Waals surface area contributed by atoms with Crippen molar-refractivity contribution in [1.29, 1.82) is 0 Å². The SMILES string of the molecule is CCCCNC(=O)C1CCC(C)N(C(=O)c2cccc(Br)c2)C1. The van der Waals surface area contributed by atoms with Crippen LogP contribution in [-0.2, 0) is 4.79 Å². The standard InChI is InChI=1S/C18H25BrN2O2/c1-3-4-10-20-17(22)15-9-8-13(2)21(12-15)18(23)14-6-5-7-16(19)11-14/h5-7,11,13,15H,3-4,8-10,12H2,1-2H3,(H,20,22). The molecule has 0 bridgehead atoms. The summed E-state index contributed by atoms with van der Waals surface area (Å²) in [5.74, 6) is -0.0126. The fraction of sp³-hybridized carbons (Fsp3) is 0.556. The molecule has 1 N–H and O–H groups in total. The summed E-state index contributed by atoms with van der Waals surface area (Å²) in [5.41, 5.74) is 0.665. The Kier molecular flexibility index (Phi) is 6.63. The molecule has 1 aromatic rings. The number of hydrogen-bond acceptors (Lipinski definition) is 2. The zero-order valence-electron chi connectivity index (χ0n) is 13.8. The van der Waals surface area contributed by atoms with E-state index in [1.807, 2.05) is 29.2 Å². The second-order valence-corrected chi connectivity index (χ2v) is 7.15. The van der Waals surface area contributed by atoms with E-state index in [1.165, 1.54) is 0 Å². The van der Waals surface area contributed by atoms with Gasteiger partial charge in [-0.3, -0.25) is 9.59 Å². The van der Waals surface area contributed by atoms with Gasteiger partial charge in [-0.2, -0.15) is 0 Å². The normalized spacial score (nSPS) is 21.1. The van der Waals surface area contributed by atoms with E-state index in [2.05, 4.69) is 35.1 Å². The number of carbonyl (C=O) groups is 2. The molecule has 1 fully saturated rings. The second kappa shape index (κ2) is 8.48. The first-order chi connectivity index (χ1) is 11.0. The van der Waals surface area contributed by atoms with Crippen LogP contribution in [0.1, 0.15) is 49.9 Å². The zero-order chi connectivity index (χ0) is 16.8. The summed E-state index contributed by atoms with van der Waals surface area (Å²) in [6.07, 6.45) is 3.78. The van der Waals surface area contributed by atoms with Crippen LogP contribution in [0.15, 0.2) is 28.7 Å². The molecular weight excluding hydrogens is 356 g/mol. The number of carbonyl (C=O) groups excluding carboxylic acids is 2. The number of nitrogens with zero attached hydrogens (tertiary/aromatic N) is 1. The van der Waals surface area contributed by atoms with Crippen LogP contribution in [0, 0.1) is 5.92 Å². The van der Waals surface area contributed by atoms with Gasteiger partial charge in [0.15, 0.2) is 0 Å². The molecule has 1 aromatic carbocycles. The molecule has 2 unspecified atom stereocenters. The van der Waals surface area contributed by atoms with Crippen LogP contribution in [0.25, 0.3) is 0 Å². The Balaban J connectivity index is 2.03. The molecule has 5 heteroatoms. The lowest BCUT2D eigenvalue weighted by molar-refractivity contribution is -0.126. The van der Waals surface area contributed by atoms with E-state index in [1.54, 1.807) is 0 Å². The number of amides is 2. The van der Waals surface area contributed by atoms with Crippen LogP contribution < -0.4 is 5.32 Å². The summed E-state index contributed by atoms with van der Waals surface area (Å²) in [6.45, 7) is 5.39. The largest absolute Gasteiger partial charge is 0.356 e. The van der Waals surface area contributed by atoms with Crippen LogP contribution in [0.3, 0.4) is 0 Å².